The molecule has 0 saturated carbocycles. The predicted molar refractivity (Wildman–Crippen MR) is 65.8 cm³/mol. The summed E-state index contributed by atoms with van der Waals surface area (Å²) in [6.45, 7) is 2.81. The molecule has 0 aliphatic rings. The molecule has 1 aromatic carbocycles. The van der Waals surface area contributed by atoms with Gasteiger partial charge in [-0.25, -0.2) is 4.39 Å². The molecule has 0 spiro atoms. The number of hydrogen-bond acceptors (Lipinski definition) is 4. The number of methoxy groups -OCH3 is 1. The molecule has 1 atom stereocenters. The molecule has 1 aromatic rings. The van der Waals surface area contributed by atoms with E-state index in [1.165, 1.54) is 13.8 Å². The first-order chi connectivity index (χ1) is 9.49. The standard InChI is InChI=1S/C13H15F4NO3/c1-12(2,11(19)20-3)10(18)8-6-7(4-5-9(8)14)21-13(15,16)17/h4-6,10H,18H2,1-3H3/t10-/m0/s1. The summed E-state index contributed by atoms with van der Waals surface area (Å²) < 4.78 is 58.6. The summed E-state index contributed by atoms with van der Waals surface area (Å²) in [6.07, 6.45) is -4.91. The van der Waals surface area contributed by atoms with Crippen molar-refractivity contribution in [2.75, 3.05) is 7.11 Å². The van der Waals surface area contributed by atoms with E-state index in [4.69, 9.17) is 5.73 Å². The fourth-order valence-electron chi connectivity index (χ4n) is 1.74. The van der Waals surface area contributed by atoms with Gasteiger partial charge in [-0.1, -0.05) is 0 Å². The average molecular weight is 309 g/mol. The molecule has 4 nitrogen and oxygen atoms in total. The molecule has 0 heterocycles. The molecule has 0 radical (unpaired) electrons. The second-order valence-corrected chi connectivity index (χ2v) is 4.92. The number of carbonyl (C=O) groups is 1. The first-order valence-electron chi connectivity index (χ1n) is 5.88. The highest BCUT2D eigenvalue weighted by molar-refractivity contribution is 5.77. The third kappa shape index (κ3) is 4.07. The van der Waals surface area contributed by atoms with Crippen molar-refractivity contribution in [3.05, 3.63) is 29.6 Å². The Balaban J connectivity index is 3.17. The molecule has 0 fully saturated rings. The maximum atomic E-state index is 13.8. The van der Waals surface area contributed by atoms with Crippen LogP contribution in [0.4, 0.5) is 17.6 Å². The van der Waals surface area contributed by atoms with Gasteiger partial charge < -0.3 is 15.2 Å². The van der Waals surface area contributed by atoms with Crippen molar-refractivity contribution in [3.63, 3.8) is 0 Å². The molecule has 0 aromatic heterocycles. The van der Waals surface area contributed by atoms with Crippen molar-refractivity contribution in [2.24, 2.45) is 11.1 Å². The highest BCUT2D eigenvalue weighted by Gasteiger charge is 2.38. The third-order valence-electron chi connectivity index (χ3n) is 3.03. The van der Waals surface area contributed by atoms with Gasteiger partial charge in [0.1, 0.15) is 11.6 Å². The third-order valence-corrected chi connectivity index (χ3v) is 3.03. The summed E-state index contributed by atoms with van der Waals surface area (Å²) in [5, 5.41) is 0. The minimum atomic E-state index is -4.91. The number of nitrogens with two attached hydrogens (primary N) is 1. The Morgan fingerprint density at radius 3 is 2.33 bits per heavy atom. The molecule has 0 aliphatic heterocycles. The first kappa shape index (κ1) is 17.2. The van der Waals surface area contributed by atoms with Crippen molar-refractivity contribution >= 4 is 5.97 Å². The molecular weight excluding hydrogens is 294 g/mol. The van der Waals surface area contributed by atoms with Gasteiger partial charge in [0.15, 0.2) is 0 Å². The smallest absolute Gasteiger partial charge is 0.469 e. The zero-order chi connectivity index (χ0) is 16.4. The highest BCUT2D eigenvalue weighted by Crippen LogP contribution is 2.36. The van der Waals surface area contributed by atoms with Crippen LogP contribution in [-0.4, -0.2) is 19.4 Å². The van der Waals surface area contributed by atoms with Crippen molar-refractivity contribution in [3.8, 4) is 5.75 Å². The van der Waals surface area contributed by atoms with Gasteiger partial charge in [-0.3, -0.25) is 4.79 Å². The Labute approximate surface area is 118 Å². The molecular formula is C13H15F4NO3. The predicted octanol–water partition coefficient (Wildman–Crippen LogP) is 2.92. The van der Waals surface area contributed by atoms with Crippen LogP contribution in [0.25, 0.3) is 0 Å². The van der Waals surface area contributed by atoms with Gasteiger partial charge in [-0.05, 0) is 32.0 Å². The van der Waals surface area contributed by atoms with Crippen LogP contribution in [-0.2, 0) is 9.53 Å². The lowest BCUT2D eigenvalue weighted by atomic mass is 9.81. The Kier molecular flexibility index (Phi) is 4.83. The van der Waals surface area contributed by atoms with E-state index in [0.29, 0.717) is 0 Å². The van der Waals surface area contributed by atoms with Gasteiger partial charge >= 0.3 is 12.3 Å². The van der Waals surface area contributed by atoms with E-state index in [-0.39, 0.29) is 5.56 Å². The van der Waals surface area contributed by atoms with E-state index in [2.05, 4.69) is 9.47 Å². The second-order valence-electron chi connectivity index (χ2n) is 4.92. The van der Waals surface area contributed by atoms with Gasteiger partial charge in [0.05, 0.1) is 12.5 Å². The molecule has 0 amide bonds. The largest absolute Gasteiger partial charge is 0.573 e. The van der Waals surface area contributed by atoms with Crippen LogP contribution in [0.2, 0.25) is 0 Å². The fourth-order valence-corrected chi connectivity index (χ4v) is 1.74. The van der Waals surface area contributed by atoms with Crippen LogP contribution in [0.15, 0.2) is 18.2 Å². The monoisotopic (exact) mass is 309 g/mol. The van der Waals surface area contributed by atoms with E-state index >= 15 is 0 Å². The van der Waals surface area contributed by atoms with Crippen molar-refractivity contribution < 1.29 is 31.8 Å². The number of ether oxygens (including phenoxy) is 2. The summed E-state index contributed by atoms with van der Waals surface area (Å²) in [5.74, 6) is -2.17. The van der Waals surface area contributed by atoms with E-state index in [1.54, 1.807) is 0 Å². The first-order valence-corrected chi connectivity index (χ1v) is 5.88. The lowest BCUT2D eigenvalue weighted by Crippen LogP contribution is -2.37. The van der Waals surface area contributed by atoms with Crippen LogP contribution >= 0.6 is 0 Å². The highest BCUT2D eigenvalue weighted by atomic mass is 19.4. The van der Waals surface area contributed by atoms with E-state index < -0.39 is 35.4 Å². The molecule has 0 unspecified atom stereocenters. The SMILES string of the molecule is COC(=O)C(C)(C)[C@@H](N)c1cc(OC(F)(F)F)ccc1F. The van der Waals surface area contributed by atoms with Crippen molar-refractivity contribution in [2.45, 2.75) is 26.3 Å². The maximum Gasteiger partial charge on any atom is 0.573 e. The Bertz CT molecular complexity index is 529. The van der Waals surface area contributed by atoms with Crippen molar-refractivity contribution in [1.29, 1.82) is 0 Å². The maximum absolute atomic E-state index is 13.8. The van der Waals surface area contributed by atoms with Gasteiger partial charge in [-0.2, -0.15) is 0 Å². The molecule has 2 N–H and O–H groups in total. The van der Waals surface area contributed by atoms with E-state index in [9.17, 15) is 22.4 Å². The molecule has 8 heteroatoms. The molecule has 118 valence electrons. The van der Waals surface area contributed by atoms with Gasteiger partial charge in [0, 0.05) is 11.6 Å². The number of halogens is 4. The van der Waals surface area contributed by atoms with Crippen LogP contribution in [0.1, 0.15) is 25.5 Å². The molecule has 0 aliphatic carbocycles. The number of hydrogen-bond donors (Lipinski definition) is 1. The Morgan fingerprint density at radius 1 is 1.29 bits per heavy atom. The Morgan fingerprint density at radius 2 is 1.86 bits per heavy atom. The summed E-state index contributed by atoms with van der Waals surface area (Å²) in [5.41, 5.74) is 4.21. The van der Waals surface area contributed by atoms with Gasteiger partial charge in [0.2, 0.25) is 0 Å². The van der Waals surface area contributed by atoms with Crippen LogP contribution < -0.4 is 10.5 Å². The number of carbonyl (C=O) groups excluding carboxylic acids is 1. The molecule has 0 bridgehead atoms. The lowest BCUT2D eigenvalue weighted by Gasteiger charge is -2.29. The summed E-state index contributed by atoms with van der Waals surface area (Å²) in [7, 11) is 1.14. The minimum absolute atomic E-state index is 0.271. The Hall–Kier alpha value is -1.83. The molecule has 1 rings (SSSR count). The van der Waals surface area contributed by atoms with Crippen molar-refractivity contribution in [1.82, 2.24) is 0 Å². The van der Waals surface area contributed by atoms with E-state index in [1.807, 2.05) is 0 Å². The minimum Gasteiger partial charge on any atom is -0.469 e. The fraction of sp³-hybridized carbons (Fsp3) is 0.462. The summed E-state index contributed by atoms with van der Waals surface area (Å²) in [6, 6.07) is 1.23. The van der Waals surface area contributed by atoms with E-state index in [0.717, 1.165) is 25.3 Å². The topological polar surface area (TPSA) is 61.5 Å². The number of esters is 1. The molecule has 21 heavy (non-hydrogen) atoms. The van der Waals surface area contributed by atoms with Gasteiger partial charge in [-0.15, -0.1) is 13.2 Å². The summed E-state index contributed by atoms with van der Waals surface area (Å²) >= 11 is 0. The van der Waals surface area contributed by atoms with Gasteiger partial charge in [0.25, 0.3) is 0 Å². The quantitative estimate of drug-likeness (QED) is 0.686. The normalized spacial score (nSPS) is 13.7. The number of alkyl halides is 3. The lowest BCUT2D eigenvalue weighted by molar-refractivity contribution is -0.274. The number of rotatable bonds is 4. The van der Waals surface area contributed by atoms with Crippen LogP contribution in [0, 0.1) is 11.2 Å². The van der Waals surface area contributed by atoms with Crippen LogP contribution in [0.3, 0.4) is 0 Å². The second kappa shape index (κ2) is 5.88. The van der Waals surface area contributed by atoms with Crippen LogP contribution in [0.5, 0.6) is 5.75 Å². The average Bonchev–Trinajstić information content (AvgIpc) is 2.37. The zero-order valence-corrected chi connectivity index (χ0v) is 11.6. The zero-order valence-electron chi connectivity index (χ0n) is 11.6. The molecule has 0 saturated heterocycles. The number of benzene rings is 1. The summed E-state index contributed by atoms with van der Waals surface area (Å²) in [4.78, 5) is 11.6.